The number of aromatic carboxylic acids is 1. The molecule has 1 aromatic carbocycles. The van der Waals surface area contributed by atoms with Crippen molar-refractivity contribution in [3.8, 4) is 5.75 Å². The molecular formula is C13H13N3O5. The lowest BCUT2D eigenvalue weighted by Gasteiger charge is -2.08. The smallest absolute Gasteiger partial charge is 0.339 e. The summed E-state index contributed by atoms with van der Waals surface area (Å²) in [6.45, 7) is 0.254. The van der Waals surface area contributed by atoms with Crippen LogP contribution >= 0.6 is 0 Å². The molecule has 0 atom stereocenters. The Bertz CT molecular complexity index is 680. The van der Waals surface area contributed by atoms with Crippen LogP contribution in [0.2, 0.25) is 0 Å². The van der Waals surface area contributed by atoms with Gasteiger partial charge in [0.2, 0.25) is 0 Å². The Labute approximate surface area is 119 Å². The molecule has 2 aromatic rings. The van der Waals surface area contributed by atoms with Crippen LogP contribution in [0.25, 0.3) is 0 Å². The zero-order valence-electron chi connectivity index (χ0n) is 11.2. The molecule has 0 bridgehead atoms. The monoisotopic (exact) mass is 291 g/mol. The maximum Gasteiger partial charge on any atom is 0.339 e. The predicted molar refractivity (Wildman–Crippen MR) is 72.5 cm³/mol. The van der Waals surface area contributed by atoms with Gasteiger partial charge in [0.15, 0.2) is 0 Å². The minimum Gasteiger partial charge on any atom is -0.492 e. The van der Waals surface area contributed by atoms with Gasteiger partial charge < -0.3 is 9.84 Å². The summed E-state index contributed by atoms with van der Waals surface area (Å²) < 4.78 is 7.06. The molecule has 21 heavy (non-hydrogen) atoms. The zero-order chi connectivity index (χ0) is 15.4. The van der Waals surface area contributed by atoms with E-state index in [9.17, 15) is 14.9 Å². The van der Waals surface area contributed by atoms with Crippen molar-refractivity contribution >= 4 is 11.7 Å². The van der Waals surface area contributed by atoms with E-state index in [-0.39, 0.29) is 23.6 Å². The first-order valence-corrected chi connectivity index (χ1v) is 6.09. The number of carboxylic acid groups (broad SMARTS) is 1. The molecular weight excluding hydrogens is 278 g/mol. The fourth-order valence-electron chi connectivity index (χ4n) is 1.80. The first-order valence-electron chi connectivity index (χ1n) is 6.09. The van der Waals surface area contributed by atoms with Crippen molar-refractivity contribution in [1.82, 2.24) is 9.78 Å². The van der Waals surface area contributed by atoms with Crippen molar-refractivity contribution in [3.63, 3.8) is 0 Å². The number of nitro groups is 1. The van der Waals surface area contributed by atoms with Gasteiger partial charge in [0.05, 0.1) is 17.7 Å². The highest BCUT2D eigenvalue weighted by Crippen LogP contribution is 2.24. The van der Waals surface area contributed by atoms with E-state index >= 15 is 0 Å². The molecule has 1 aromatic heterocycles. The van der Waals surface area contributed by atoms with E-state index in [0.29, 0.717) is 6.42 Å². The van der Waals surface area contributed by atoms with Crippen molar-refractivity contribution in [2.75, 3.05) is 6.61 Å². The van der Waals surface area contributed by atoms with Crippen LogP contribution in [0.15, 0.2) is 30.6 Å². The molecule has 110 valence electrons. The van der Waals surface area contributed by atoms with Gasteiger partial charge >= 0.3 is 5.97 Å². The lowest BCUT2D eigenvalue weighted by molar-refractivity contribution is -0.384. The molecule has 1 heterocycles. The summed E-state index contributed by atoms with van der Waals surface area (Å²) in [6, 6.07) is 3.50. The van der Waals surface area contributed by atoms with Gasteiger partial charge in [-0.3, -0.25) is 14.8 Å². The highest BCUT2D eigenvalue weighted by molar-refractivity contribution is 5.91. The first-order chi connectivity index (χ1) is 9.97. The van der Waals surface area contributed by atoms with Crippen LogP contribution < -0.4 is 4.74 Å². The average Bonchev–Trinajstić information content (AvgIpc) is 2.84. The topological polar surface area (TPSA) is 107 Å². The third-order valence-electron chi connectivity index (χ3n) is 2.81. The molecule has 0 fully saturated rings. The molecule has 0 radical (unpaired) electrons. The molecule has 0 spiro atoms. The van der Waals surface area contributed by atoms with Crippen molar-refractivity contribution in [3.05, 3.63) is 51.8 Å². The number of aromatic nitrogens is 2. The van der Waals surface area contributed by atoms with Crippen molar-refractivity contribution in [1.29, 1.82) is 0 Å². The van der Waals surface area contributed by atoms with Crippen LogP contribution in [0, 0.1) is 10.1 Å². The number of carbonyl (C=O) groups is 1. The van der Waals surface area contributed by atoms with Gasteiger partial charge in [-0.05, 0) is 11.6 Å². The number of aryl methyl sites for hydroxylation is 1. The van der Waals surface area contributed by atoms with E-state index in [4.69, 9.17) is 9.84 Å². The number of carboxylic acids is 1. The van der Waals surface area contributed by atoms with Gasteiger partial charge in [0.1, 0.15) is 11.3 Å². The Balaban J connectivity index is 2.08. The van der Waals surface area contributed by atoms with Crippen LogP contribution in [0.5, 0.6) is 5.75 Å². The minimum absolute atomic E-state index is 0.108. The first kappa shape index (κ1) is 14.5. The van der Waals surface area contributed by atoms with E-state index in [0.717, 1.165) is 11.6 Å². The van der Waals surface area contributed by atoms with E-state index in [1.807, 2.05) is 6.20 Å². The second-order valence-electron chi connectivity index (χ2n) is 4.36. The fraction of sp³-hybridized carbons (Fsp3) is 0.231. The van der Waals surface area contributed by atoms with Crippen LogP contribution in [-0.2, 0) is 13.5 Å². The Hall–Kier alpha value is -2.90. The summed E-state index contributed by atoms with van der Waals surface area (Å²) in [4.78, 5) is 21.1. The number of nitrogens with zero attached hydrogens (tertiary/aromatic N) is 3. The van der Waals surface area contributed by atoms with Crippen molar-refractivity contribution in [2.45, 2.75) is 6.42 Å². The highest BCUT2D eigenvalue weighted by Gasteiger charge is 2.17. The molecule has 1 N–H and O–H groups in total. The fourth-order valence-corrected chi connectivity index (χ4v) is 1.80. The highest BCUT2D eigenvalue weighted by atomic mass is 16.6. The molecule has 8 nitrogen and oxygen atoms in total. The van der Waals surface area contributed by atoms with E-state index in [1.165, 1.54) is 12.1 Å². The molecule has 0 saturated heterocycles. The van der Waals surface area contributed by atoms with Gasteiger partial charge in [-0.1, -0.05) is 0 Å². The molecule has 0 aliphatic heterocycles. The zero-order valence-corrected chi connectivity index (χ0v) is 11.2. The normalized spacial score (nSPS) is 10.3. The van der Waals surface area contributed by atoms with E-state index < -0.39 is 10.9 Å². The SMILES string of the molecule is Cn1cc(CCOc2ccc([N+](=O)[O-])cc2C(=O)O)cn1. The van der Waals surface area contributed by atoms with Crippen LogP contribution in [0.4, 0.5) is 5.69 Å². The largest absolute Gasteiger partial charge is 0.492 e. The lowest BCUT2D eigenvalue weighted by Crippen LogP contribution is -2.07. The Morgan fingerprint density at radius 2 is 2.29 bits per heavy atom. The van der Waals surface area contributed by atoms with Crippen molar-refractivity contribution in [2.24, 2.45) is 7.05 Å². The van der Waals surface area contributed by atoms with Gasteiger partial charge in [0, 0.05) is 31.8 Å². The number of hydrogen-bond donors (Lipinski definition) is 1. The Morgan fingerprint density at radius 1 is 1.52 bits per heavy atom. The summed E-state index contributed by atoms with van der Waals surface area (Å²) in [5, 5.41) is 23.7. The summed E-state index contributed by atoms with van der Waals surface area (Å²) in [6.07, 6.45) is 4.08. The predicted octanol–water partition coefficient (Wildman–Crippen LogP) is 1.65. The second-order valence-corrected chi connectivity index (χ2v) is 4.36. The number of rotatable bonds is 6. The van der Waals surface area contributed by atoms with Crippen LogP contribution in [-0.4, -0.2) is 32.4 Å². The second kappa shape index (κ2) is 6.04. The summed E-state index contributed by atoms with van der Waals surface area (Å²) in [5.74, 6) is -1.16. The number of ether oxygens (including phenoxy) is 1. The number of non-ortho nitro benzene ring substituents is 1. The van der Waals surface area contributed by atoms with Gasteiger partial charge in [-0.2, -0.15) is 5.10 Å². The molecule has 0 aliphatic carbocycles. The van der Waals surface area contributed by atoms with Gasteiger partial charge in [-0.25, -0.2) is 4.79 Å². The van der Waals surface area contributed by atoms with E-state index in [2.05, 4.69) is 5.10 Å². The van der Waals surface area contributed by atoms with Crippen molar-refractivity contribution < 1.29 is 19.6 Å². The van der Waals surface area contributed by atoms with Gasteiger partial charge in [0.25, 0.3) is 5.69 Å². The van der Waals surface area contributed by atoms with Crippen LogP contribution in [0.3, 0.4) is 0 Å². The molecule has 0 amide bonds. The summed E-state index contributed by atoms with van der Waals surface area (Å²) in [5.41, 5.74) is 0.443. The van der Waals surface area contributed by atoms with E-state index in [1.54, 1.807) is 17.9 Å². The quantitative estimate of drug-likeness (QED) is 0.640. The standard InChI is InChI=1S/C13H13N3O5/c1-15-8-9(7-14-15)4-5-21-12-3-2-10(16(19)20)6-11(12)13(17)18/h2-3,6-8H,4-5H2,1H3,(H,17,18). The maximum absolute atomic E-state index is 11.1. The summed E-state index contributed by atoms with van der Waals surface area (Å²) >= 11 is 0. The summed E-state index contributed by atoms with van der Waals surface area (Å²) in [7, 11) is 1.79. The Morgan fingerprint density at radius 3 is 2.86 bits per heavy atom. The number of nitro benzene ring substituents is 1. The number of hydrogen-bond acceptors (Lipinski definition) is 5. The maximum atomic E-state index is 11.1. The van der Waals surface area contributed by atoms with Crippen LogP contribution in [0.1, 0.15) is 15.9 Å². The minimum atomic E-state index is -1.27. The lowest BCUT2D eigenvalue weighted by atomic mass is 10.2. The molecule has 8 heteroatoms. The molecule has 2 rings (SSSR count). The third kappa shape index (κ3) is 3.56. The average molecular weight is 291 g/mol. The molecule has 0 unspecified atom stereocenters. The third-order valence-corrected chi connectivity index (χ3v) is 2.81. The van der Waals surface area contributed by atoms with Gasteiger partial charge in [-0.15, -0.1) is 0 Å². The Kier molecular flexibility index (Phi) is 4.17. The molecule has 0 saturated carbocycles. The number of benzene rings is 1. The molecule has 0 aliphatic rings.